The molecule has 0 aliphatic heterocycles. The minimum absolute atomic E-state index is 0.692. The Morgan fingerprint density at radius 1 is 0.957 bits per heavy atom. The zero-order valence-corrected chi connectivity index (χ0v) is 14.4. The van der Waals surface area contributed by atoms with Crippen LogP contribution in [0.1, 0.15) is 6.42 Å². The molecule has 23 heavy (non-hydrogen) atoms. The van der Waals surface area contributed by atoms with Crippen molar-refractivity contribution in [2.45, 2.75) is 11.3 Å². The summed E-state index contributed by atoms with van der Waals surface area (Å²) >= 11 is 7.99. The van der Waals surface area contributed by atoms with Gasteiger partial charge in [-0.25, -0.2) is 0 Å². The molecule has 2 nitrogen and oxygen atoms in total. The fourth-order valence-electron chi connectivity index (χ4n) is 2.46. The number of rotatable bonds is 6. The van der Waals surface area contributed by atoms with E-state index < -0.39 is 0 Å². The van der Waals surface area contributed by atoms with Crippen molar-refractivity contribution in [3.8, 4) is 0 Å². The molecular weight excluding hydrogens is 324 g/mol. The summed E-state index contributed by atoms with van der Waals surface area (Å²) in [5, 5.41) is 3.04. The molecule has 0 aliphatic rings. The second kappa shape index (κ2) is 7.73. The van der Waals surface area contributed by atoms with Crippen LogP contribution in [0.25, 0.3) is 10.8 Å². The third kappa shape index (κ3) is 3.99. The molecule has 0 atom stereocenters. The molecule has 3 aromatic carbocycles. The first-order chi connectivity index (χ1) is 11.3. The highest BCUT2D eigenvalue weighted by atomic mass is 35.5. The monoisotopic (exact) mass is 342 g/mol. The largest absolute Gasteiger partial charge is 0.330 e. The van der Waals surface area contributed by atoms with E-state index in [1.54, 1.807) is 11.9 Å². The maximum atomic E-state index is 6.25. The van der Waals surface area contributed by atoms with E-state index in [0.717, 1.165) is 28.8 Å². The Morgan fingerprint density at radius 3 is 2.57 bits per heavy atom. The molecule has 0 aromatic heterocycles. The van der Waals surface area contributed by atoms with Crippen molar-refractivity contribution in [1.29, 1.82) is 0 Å². The Hall–Kier alpha value is -1.68. The molecule has 0 saturated heterocycles. The van der Waals surface area contributed by atoms with Crippen LogP contribution in [0.15, 0.2) is 71.6 Å². The van der Waals surface area contributed by atoms with Crippen molar-refractivity contribution in [2.75, 3.05) is 17.4 Å². The summed E-state index contributed by atoms with van der Waals surface area (Å²) in [4.78, 5) is 1.20. The average molecular weight is 343 g/mol. The smallest absolute Gasteiger partial charge is 0.0484 e. The second-order valence-corrected chi connectivity index (χ2v) is 6.80. The molecule has 2 N–H and O–H groups in total. The molecular formula is C19H19ClN2S. The van der Waals surface area contributed by atoms with Gasteiger partial charge in [0.1, 0.15) is 0 Å². The molecule has 118 valence electrons. The summed E-state index contributed by atoms with van der Waals surface area (Å²) in [5.41, 5.74) is 6.88. The Balaban J connectivity index is 1.87. The average Bonchev–Trinajstić information content (AvgIpc) is 2.59. The molecule has 4 heteroatoms. The topological polar surface area (TPSA) is 29.3 Å². The van der Waals surface area contributed by atoms with Gasteiger partial charge in [0.25, 0.3) is 0 Å². The lowest BCUT2D eigenvalue weighted by molar-refractivity contribution is 0.845. The zero-order chi connectivity index (χ0) is 16.1. The van der Waals surface area contributed by atoms with Crippen LogP contribution in [-0.2, 0) is 0 Å². The minimum Gasteiger partial charge on any atom is -0.330 e. The maximum Gasteiger partial charge on any atom is 0.0484 e. The molecule has 0 heterocycles. The van der Waals surface area contributed by atoms with Crippen LogP contribution in [0.5, 0.6) is 0 Å². The Morgan fingerprint density at radius 2 is 1.78 bits per heavy atom. The van der Waals surface area contributed by atoms with Crippen LogP contribution in [0.3, 0.4) is 0 Å². The number of para-hydroxylation sites is 1. The minimum atomic E-state index is 0.692. The highest BCUT2D eigenvalue weighted by molar-refractivity contribution is 8.00. The fraction of sp³-hybridized carbons (Fsp3) is 0.158. The van der Waals surface area contributed by atoms with Crippen molar-refractivity contribution in [2.24, 2.45) is 5.73 Å². The lowest BCUT2D eigenvalue weighted by Gasteiger charge is -2.23. The highest BCUT2D eigenvalue weighted by Crippen LogP contribution is 2.32. The first kappa shape index (κ1) is 16.2. The van der Waals surface area contributed by atoms with Gasteiger partial charge in [0.05, 0.1) is 0 Å². The van der Waals surface area contributed by atoms with E-state index in [1.165, 1.54) is 10.6 Å². The van der Waals surface area contributed by atoms with Gasteiger partial charge in [-0.2, -0.15) is 0 Å². The molecule has 0 bridgehead atoms. The second-order valence-electron chi connectivity index (χ2n) is 5.29. The van der Waals surface area contributed by atoms with Crippen LogP contribution in [0.2, 0.25) is 5.02 Å². The molecule has 0 unspecified atom stereocenters. The number of hydrogen-bond acceptors (Lipinski definition) is 3. The normalized spacial score (nSPS) is 10.9. The number of fused-ring (bicyclic) bond motifs is 1. The fourth-order valence-corrected chi connectivity index (χ4v) is 3.72. The third-order valence-electron chi connectivity index (χ3n) is 3.62. The SMILES string of the molecule is NCCCN(Sc1ccc2c(Cl)cccc2c1)c1ccccc1. The van der Waals surface area contributed by atoms with E-state index in [4.69, 9.17) is 17.3 Å². The van der Waals surface area contributed by atoms with Crippen molar-refractivity contribution < 1.29 is 0 Å². The number of nitrogens with two attached hydrogens (primary N) is 1. The van der Waals surface area contributed by atoms with Gasteiger partial charge in [0.15, 0.2) is 0 Å². The van der Waals surface area contributed by atoms with Gasteiger partial charge < -0.3 is 10.0 Å². The van der Waals surface area contributed by atoms with E-state index in [2.05, 4.69) is 52.8 Å². The van der Waals surface area contributed by atoms with Crippen molar-refractivity contribution in [3.63, 3.8) is 0 Å². The van der Waals surface area contributed by atoms with E-state index in [-0.39, 0.29) is 0 Å². The molecule has 0 aliphatic carbocycles. The van der Waals surface area contributed by atoms with Gasteiger partial charge in [0, 0.05) is 27.5 Å². The summed E-state index contributed by atoms with van der Waals surface area (Å²) in [6, 6.07) is 22.8. The van der Waals surface area contributed by atoms with E-state index >= 15 is 0 Å². The van der Waals surface area contributed by atoms with Crippen molar-refractivity contribution >= 4 is 40.0 Å². The molecule has 0 fully saturated rings. The summed E-state index contributed by atoms with van der Waals surface area (Å²) in [5.74, 6) is 0. The molecule has 0 radical (unpaired) electrons. The number of nitrogens with zero attached hydrogens (tertiary/aromatic N) is 1. The third-order valence-corrected chi connectivity index (χ3v) is 5.03. The van der Waals surface area contributed by atoms with Gasteiger partial charge in [-0.1, -0.05) is 48.0 Å². The van der Waals surface area contributed by atoms with Gasteiger partial charge in [0.2, 0.25) is 0 Å². The van der Waals surface area contributed by atoms with Crippen molar-refractivity contribution in [3.05, 3.63) is 71.8 Å². The van der Waals surface area contributed by atoms with E-state index in [1.807, 2.05) is 18.2 Å². The Bertz CT molecular complexity index is 777. The van der Waals surface area contributed by atoms with Gasteiger partial charge in [-0.15, -0.1) is 0 Å². The summed E-state index contributed by atoms with van der Waals surface area (Å²) in [6.45, 7) is 1.61. The molecule has 0 spiro atoms. The molecule has 0 saturated carbocycles. The summed E-state index contributed by atoms with van der Waals surface area (Å²) in [6.07, 6.45) is 0.960. The first-order valence-electron chi connectivity index (χ1n) is 7.67. The van der Waals surface area contributed by atoms with Crippen molar-refractivity contribution in [1.82, 2.24) is 0 Å². The standard InChI is InChI=1S/C19H19ClN2S/c20-19-9-4-6-15-14-17(10-11-18(15)19)23-22(13-5-12-21)16-7-2-1-3-8-16/h1-4,6-11,14H,5,12-13,21H2. The van der Waals surface area contributed by atoms with Crippen LogP contribution in [0.4, 0.5) is 5.69 Å². The predicted octanol–water partition coefficient (Wildman–Crippen LogP) is 5.36. The quantitative estimate of drug-likeness (QED) is 0.612. The van der Waals surface area contributed by atoms with Crippen LogP contribution < -0.4 is 10.0 Å². The zero-order valence-electron chi connectivity index (χ0n) is 12.8. The maximum absolute atomic E-state index is 6.25. The summed E-state index contributed by atoms with van der Waals surface area (Å²) in [7, 11) is 0. The van der Waals surface area contributed by atoms with E-state index in [9.17, 15) is 0 Å². The van der Waals surface area contributed by atoms with Gasteiger partial charge in [-0.3, -0.25) is 0 Å². The van der Waals surface area contributed by atoms with Crippen LogP contribution in [0, 0.1) is 0 Å². The lowest BCUT2D eigenvalue weighted by Crippen LogP contribution is -2.18. The van der Waals surface area contributed by atoms with Gasteiger partial charge in [-0.05, 0) is 60.6 Å². The molecule has 3 aromatic rings. The van der Waals surface area contributed by atoms with Gasteiger partial charge >= 0.3 is 0 Å². The van der Waals surface area contributed by atoms with Crippen LogP contribution >= 0.6 is 23.5 Å². The number of anilines is 1. The first-order valence-corrected chi connectivity index (χ1v) is 8.82. The number of benzene rings is 3. The predicted molar refractivity (Wildman–Crippen MR) is 102 cm³/mol. The number of hydrogen-bond donors (Lipinski definition) is 1. The Labute approximate surface area is 146 Å². The highest BCUT2D eigenvalue weighted by Gasteiger charge is 2.09. The molecule has 3 rings (SSSR count). The van der Waals surface area contributed by atoms with Crippen LogP contribution in [-0.4, -0.2) is 13.1 Å². The number of halogens is 1. The molecule has 0 amide bonds. The lowest BCUT2D eigenvalue weighted by atomic mass is 10.1. The summed E-state index contributed by atoms with van der Waals surface area (Å²) < 4.78 is 2.29. The Kier molecular flexibility index (Phi) is 5.44. The van der Waals surface area contributed by atoms with E-state index in [0.29, 0.717) is 6.54 Å².